The first-order valence-corrected chi connectivity index (χ1v) is 6.56. The molecule has 0 saturated carbocycles. The van der Waals surface area contributed by atoms with Crippen LogP contribution in [-0.4, -0.2) is 31.1 Å². The first-order chi connectivity index (χ1) is 8.81. The van der Waals surface area contributed by atoms with Crippen molar-refractivity contribution in [2.75, 3.05) is 13.1 Å². The topological polar surface area (TPSA) is 50.4 Å². The highest BCUT2D eigenvalue weighted by molar-refractivity contribution is 5.78. The van der Waals surface area contributed by atoms with E-state index in [2.05, 4.69) is 16.7 Å². The highest BCUT2D eigenvalue weighted by Crippen LogP contribution is 2.27. The monoisotopic (exact) mass is 246 g/mol. The van der Waals surface area contributed by atoms with Crippen LogP contribution in [0.25, 0.3) is 0 Å². The second-order valence-corrected chi connectivity index (χ2v) is 5.01. The minimum Gasteiger partial charge on any atom is -0.488 e. The summed E-state index contributed by atoms with van der Waals surface area (Å²) in [7, 11) is 0. The normalized spacial score (nSPS) is 25.7. The van der Waals surface area contributed by atoms with Gasteiger partial charge in [-0.05, 0) is 18.1 Å². The summed E-state index contributed by atoms with van der Waals surface area (Å²) < 4.78 is 5.84. The number of hydrogen-bond donors (Lipinski definition) is 2. The van der Waals surface area contributed by atoms with Gasteiger partial charge in [-0.1, -0.05) is 18.2 Å². The zero-order valence-corrected chi connectivity index (χ0v) is 10.3. The Morgan fingerprint density at radius 3 is 3.00 bits per heavy atom. The van der Waals surface area contributed by atoms with Crippen LogP contribution in [0.1, 0.15) is 18.4 Å². The second-order valence-electron chi connectivity index (χ2n) is 5.01. The summed E-state index contributed by atoms with van der Waals surface area (Å²) in [6.07, 6.45) is 2.80. The fraction of sp³-hybridized carbons (Fsp3) is 0.500. The van der Waals surface area contributed by atoms with Crippen molar-refractivity contribution < 1.29 is 9.53 Å². The summed E-state index contributed by atoms with van der Waals surface area (Å²) in [5, 5.41) is 6.34. The molecule has 1 aromatic carbocycles. The van der Waals surface area contributed by atoms with Crippen LogP contribution in [0.3, 0.4) is 0 Å². The molecule has 0 spiro atoms. The van der Waals surface area contributed by atoms with Crippen LogP contribution >= 0.6 is 0 Å². The van der Waals surface area contributed by atoms with Crippen molar-refractivity contribution >= 4 is 5.91 Å². The first-order valence-electron chi connectivity index (χ1n) is 6.56. The Hall–Kier alpha value is -1.55. The van der Waals surface area contributed by atoms with Crippen molar-refractivity contribution in [1.29, 1.82) is 0 Å². The van der Waals surface area contributed by atoms with Crippen LogP contribution in [0.5, 0.6) is 5.75 Å². The Balaban J connectivity index is 1.42. The van der Waals surface area contributed by atoms with E-state index in [1.165, 1.54) is 5.56 Å². The van der Waals surface area contributed by atoms with Crippen molar-refractivity contribution in [2.45, 2.75) is 31.4 Å². The van der Waals surface area contributed by atoms with Crippen LogP contribution in [0.15, 0.2) is 24.3 Å². The van der Waals surface area contributed by atoms with Gasteiger partial charge in [-0.15, -0.1) is 0 Å². The number of hydrogen-bond acceptors (Lipinski definition) is 3. The lowest BCUT2D eigenvalue weighted by Crippen LogP contribution is -2.39. The molecular weight excluding hydrogens is 228 g/mol. The Morgan fingerprint density at radius 1 is 1.33 bits per heavy atom. The molecular formula is C14H18N2O2. The number of rotatable bonds is 4. The van der Waals surface area contributed by atoms with Crippen LogP contribution < -0.4 is 15.4 Å². The van der Waals surface area contributed by atoms with Crippen molar-refractivity contribution in [3.63, 3.8) is 0 Å². The summed E-state index contributed by atoms with van der Waals surface area (Å²) in [5.41, 5.74) is 1.29. The number of para-hydroxylation sites is 1. The molecule has 2 unspecified atom stereocenters. The summed E-state index contributed by atoms with van der Waals surface area (Å²) >= 11 is 0. The molecule has 1 aromatic rings. The molecule has 4 nitrogen and oxygen atoms in total. The van der Waals surface area contributed by atoms with E-state index in [0.29, 0.717) is 12.5 Å². The van der Waals surface area contributed by atoms with E-state index in [-0.39, 0.29) is 12.0 Å². The number of fused-ring (bicyclic) bond motifs is 1. The predicted octanol–water partition coefficient (Wildman–Crippen LogP) is 0.858. The smallest absolute Gasteiger partial charge is 0.220 e. The van der Waals surface area contributed by atoms with E-state index < -0.39 is 0 Å². The first kappa shape index (κ1) is 11.5. The summed E-state index contributed by atoms with van der Waals surface area (Å²) in [4.78, 5) is 11.1. The molecule has 0 aliphatic carbocycles. The van der Waals surface area contributed by atoms with E-state index in [0.717, 1.165) is 31.7 Å². The molecule has 0 bridgehead atoms. The highest BCUT2D eigenvalue weighted by atomic mass is 16.5. The van der Waals surface area contributed by atoms with Gasteiger partial charge in [0.1, 0.15) is 11.9 Å². The zero-order valence-electron chi connectivity index (χ0n) is 10.3. The SMILES string of the molecule is O=C1CCC(CNCC2Cc3ccccc3O2)N1. The number of ether oxygens (including phenoxy) is 1. The third-order valence-corrected chi connectivity index (χ3v) is 3.56. The van der Waals surface area contributed by atoms with Crippen molar-refractivity contribution in [3.05, 3.63) is 29.8 Å². The summed E-state index contributed by atoms with van der Waals surface area (Å²) in [5.74, 6) is 1.18. The number of carbonyl (C=O) groups excluding carboxylic acids is 1. The quantitative estimate of drug-likeness (QED) is 0.828. The molecule has 0 radical (unpaired) electrons. The minimum absolute atomic E-state index is 0.173. The molecule has 1 saturated heterocycles. The van der Waals surface area contributed by atoms with E-state index in [4.69, 9.17) is 4.74 Å². The maximum absolute atomic E-state index is 11.1. The molecule has 0 aromatic heterocycles. The maximum atomic E-state index is 11.1. The van der Waals surface area contributed by atoms with E-state index in [9.17, 15) is 4.79 Å². The van der Waals surface area contributed by atoms with E-state index in [1.54, 1.807) is 0 Å². The van der Waals surface area contributed by atoms with Gasteiger partial charge in [-0.3, -0.25) is 4.79 Å². The number of amides is 1. The molecule has 4 heteroatoms. The third kappa shape index (κ3) is 2.48. The number of nitrogens with one attached hydrogen (secondary N) is 2. The molecule has 2 atom stereocenters. The van der Waals surface area contributed by atoms with Crippen molar-refractivity contribution in [1.82, 2.24) is 10.6 Å². The van der Waals surface area contributed by atoms with E-state index in [1.807, 2.05) is 18.2 Å². The summed E-state index contributed by atoms with van der Waals surface area (Å²) in [6, 6.07) is 8.48. The van der Waals surface area contributed by atoms with Crippen LogP contribution in [-0.2, 0) is 11.2 Å². The van der Waals surface area contributed by atoms with Crippen molar-refractivity contribution in [3.8, 4) is 5.75 Å². The Kier molecular flexibility index (Phi) is 3.19. The Labute approximate surface area is 107 Å². The predicted molar refractivity (Wildman–Crippen MR) is 68.6 cm³/mol. The lowest BCUT2D eigenvalue weighted by atomic mass is 10.1. The molecule has 2 aliphatic heterocycles. The average molecular weight is 246 g/mol. The van der Waals surface area contributed by atoms with Gasteiger partial charge in [-0.2, -0.15) is 0 Å². The fourth-order valence-electron chi connectivity index (χ4n) is 2.62. The maximum Gasteiger partial charge on any atom is 0.220 e. The van der Waals surface area contributed by atoms with E-state index >= 15 is 0 Å². The van der Waals surface area contributed by atoms with Gasteiger partial charge in [0.05, 0.1) is 0 Å². The molecule has 3 rings (SSSR count). The fourth-order valence-corrected chi connectivity index (χ4v) is 2.62. The molecule has 96 valence electrons. The van der Waals surface area contributed by atoms with Gasteiger partial charge in [0, 0.05) is 32.0 Å². The number of benzene rings is 1. The number of carbonyl (C=O) groups is 1. The largest absolute Gasteiger partial charge is 0.488 e. The Morgan fingerprint density at radius 2 is 2.22 bits per heavy atom. The van der Waals surface area contributed by atoms with Gasteiger partial charge in [0.2, 0.25) is 5.91 Å². The molecule has 18 heavy (non-hydrogen) atoms. The molecule has 2 heterocycles. The average Bonchev–Trinajstić information content (AvgIpc) is 2.95. The second kappa shape index (κ2) is 4.98. The van der Waals surface area contributed by atoms with Gasteiger partial charge in [0.25, 0.3) is 0 Å². The standard InChI is InChI=1S/C14H18N2O2/c17-14-6-5-11(16-14)8-15-9-12-7-10-3-1-2-4-13(10)18-12/h1-4,11-12,15H,5-9H2,(H,16,17). The molecule has 2 N–H and O–H groups in total. The minimum atomic E-state index is 0.173. The van der Waals surface area contributed by atoms with Gasteiger partial charge in [0.15, 0.2) is 0 Å². The van der Waals surface area contributed by atoms with Crippen molar-refractivity contribution in [2.24, 2.45) is 0 Å². The Bertz CT molecular complexity index is 422. The third-order valence-electron chi connectivity index (χ3n) is 3.56. The summed E-state index contributed by atoms with van der Waals surface area (Å²) in [6.45, 7) is 1.67. The molecule has 1 fully saturated rings. The molecule has 2 aliphatic rings. The van der Waals surface area contributed by atoms with Gasteiger partial charge >= 0.3 is 0 Å². The molecule has 1 amide bonds. The zero-order chi connectivity index (χ0) is 12.4. The van der Waals surface area contributed by atoms with Crippen LogP contribution in [0.4, 0.5) is 0 Å². The lowest BCUT2D eigenvalue weighted by molar-refractivity contribution is -0.119. The van der Waals surface area contributed by atoms with Gasteiger partial charge < -0.3 is 15.4 Å². The van der Waals surface area contributed by atoms with Gasteiger partial charge in [-0.25, -0.2) is 0 Å². The van der Waals surface area contributed by atoms with Crippen LogP contribution in [0.2, 0.25) is 0 Å². The lowest BCUT2D eigenvalue weighted by Gasteiger charge is -2.14. The highest BCUT2D eigenvalue weighted by Gasteiger charge is 2.23. The van der Waals surface area contributed by atoms with Crippen LogP contribution in [0, 0.1) is 0 Å².